The molecule has 1 fully saturated rings. The number of nitrogens with one attached hydrogen (secondary N) is 1. The average molecular weight is 383 g/mol. The number of carbonyl (C=O) groups is 1. The van der Waals surface area contributed by atoms with Crippen molar-refractivity contribution in [1.82, 2.24) is 19.9 Å². The van der Waals surface area contributed by atoms with Crippen LogP contribution in [0.4, 0.5) is 5.13 Å². The van der Waals surface area contributed by atoms with Gasteiger partial charge in [0.1, 0.15) is 11.2 Å². The third kappa shape index (κ3) is 3.32. The van der Waals surface area contributed by atoms with Crippen LogP contribution < -0.4 is 15.6 Å². The highest BCUT2D eigenvalue weighted by molar-refractivity contribution is 7.13. The molecule has 0 aromatic carbocycles. The number of hydrogen-bond donors (Lipinski definition) is 1. The van der Waals surface area contributed by atoms with Crippen LogP contribution in [0.25, 0.3) is 11.0 Å². The van der Waals surface area contributed by atoms with E-state index in [1.54, 1.807) is 35.9 Å². The highest BCUT2D eigenvalue weighted by Gasteiger charge is 2.27. The first-order valence-corrected chi connectivity index (χ1v) is 9.91. The number of aryl methyl sites for hydroxylation is 2. The van der Waals surface area contributed by atoms with E-state index < -0.39 is 0 Å². The van der Waals surface area contributed by atoms with Crippen molar-refractivity contribution in [3.05, 3.63) is 51.4 Å². The summed E-state index contributed by atoms with van der Waals surface area (Å²) in [4.78, 5) is 36.6. The van der Waals surface area contributed by atoms with Gasteiger partial charge in [0.2, 0.25) is 5.43 Å². The van der Waals surface area contributed by atoms with E-state index in [0.29, 0.717) is 24.1 Å². The van der Waals surface area contributed by atoms with Crippen molar-refractivity contribution in [3.8, 4) is 0 Å². The topological polar surface area (TPSA) is 80.1 Å². The lowest BCUT2D eigenvalue weighted by Gasteiger charge is -2.16. The van der Waals surface area contributed by atoms with Crippen molar-refractivity contribution in [1.29, 1.82) is 0 Å². The second kappa shape index (κ2) is 7.11. The third-order valence-electron chi connectivity index (χ3n) is 4.86. The molecule has 140 valence electrons. The molecule has 1 aliphatic rings. The zero-order chi connectivity index (χ0) is 19.0. The van der Waals surface area contributed by atoms with E-state index in [4.69, 9.17) is 0 Å². The van der Waals surface area contributed by atoms with E-state index in [2.05, 4.69) is 20.2 Å². The van der Waals surface area contributed by atoms with Gasteiger partial charge in [-0.3, -0.25) is 9.59 Å². The number of pyridine rings is 2. The van der Waals surface area contributed by atoms with E-state index in [9.17, 15) is 9.59 Å². The van der Waals surface area contributed by atoms with Gasteiger partial charge in [0.05, 0.1) is 5.39 Å². The Balaban J connectivity index is 1.59. The Labute approximate surface area is 160 Å². The smallest absolute Gasteiger partial charge is 0.257 e. The molecule has 1 saturated heterocycles. The summed E-state index contributed by atoms with van der Waals surface area (Å²) in [7, 11) is 0. The Morgan fingerprint density at radius 2 is 2.26 bits per heavy atom. The first-order valence-electron chi connectivity index (χ1n) is 9.03. The molecule has 27 heavy (non-hydrogen) atoms. The Hall–Kier alpha value is -2.74. The lowest BCUT2D eigenvalue weighted by molar-refractivity contribution is 0.0939. The largest absolute Gasteiger partial charge is 0.347 e. The predicted octanol–water partition coefficient (Wildman–Crippen LogP) is 2.19. The Morgan fingerprint density at radius 3 is 3.00 bits per heavy atom. The van der Waals surface area contributed by atoms with Crippen molar-refractivity contribution in [2.24, 2.45) is 0 Å². The molecule has 4 heterocycles. The summed E-state index contributed by atoms with van der Waals surface area (Å²) in [6.45, 7) is 6.04. The molecule has 1 N–H and O–H groups in total. The van der Waals surface area contributed by atoms with Crippen LogP contribution in [0.15, 0.2) is 34.7 Å². The maximum Gasteiger partial charge on any atom is 0.257 e. The summed E-state index contributed by atoms with van der Waals surface area (Å²) in [5, 5.41) is 6.40. The molecular weight excluding hydrogens is 362 g/mol. The Kier molecular flexibility index (Phi) is 4.65. The number of fused-ring (bicyclic) bond motifs is 1. The first-order chi connectivity index (χ1) is 13.1. The zero-order valence-electron chi connectivity index (χ0n) is 15.3. The lowest BCUT2D eigenvalue weighted by Crippen LogP contribution is -2.39. The standard InChI is InChI=1S/C19H21N5O2S/c1-3-23-11-15(16(25)14-5-4-12(2)21-17(14)23)18(26)22-13-6-8-24(10-13)19-20-7-9-27-19/h4-5,7,9,11,13H,3,6,8,10H2,1-2H3,(H,22,26)/t13-/m0/s1. The SMILES string of the molecule is CCn1cc(C(=O)N[C@H]2CCN(c3nccs3)C2)c(=O)c2ccc(C)nc21. The molecule has 0 unspecified atom stereocenters. The fourth-order valence-corrected chi connectivity index (χ4v) is 4.13. The average Bonchev–Trinajstić information content (AvgIpc) is 3.33. The molecule has 3 aromatic rings. The molecule has 0 aliphatic carbocycles. The first kappa shape index (κ1) is 17.7. The van der Waals surface area contributed by atoms with Crippen molar-refractivity contribution >= 4 is 33.4 Å². The van der Waals surface area contributed by atoms with Gasteiger partial charge in [-0.25, -0.2) is 9.97 Å². The molecule has 1 aliphatic heterocycles. The van der Waals surface area contributed by atoms with Crippen LogP contribution in [0.3, 0.4) is 0 Å². The van der Waals surface area contributed by atoms with Crippen molar-refractivity contribution < 1.29 is 4.79 Å². The van der Waals surface area contributed by atoms with E-state index in [0.717, 1.165) is 23.8 Å². The second-order valence-electron chi connectivity index (χ2n) is 6.70. The van der Waals surface area contributed by atoms with Gasteiger partial charge in [-0.05, 0) is 32.4 Å². The molecule has 1 atom stereocenters. The predicted molar refractivity (Wildman–Crippen MR) is 107 cm³/mol. The summed E-state index contributed by atoms with van der Waals surface area (Å²) in [6, 6.07) is 3.56. The maximum atomic E-state index is 12.8. The van der Waals surface area contributed by atoms with Crippen LogP contribution in [0.1, 0.15) is 29.4 Å². The van der Waals surface area contributed by atoms with Gasteiger partial charge in [-0.15, -0.1) is 11.3 Å². The minimum atomic E-state index is -0.323. The number of amides is 1. The number of thiazole rings is 1. The molecule has 0 bridgehead atoms. The molecule has 0 radical (unpaired) electrons. The van der Waals surface area contributed by atoms with Gasteiger partial charge in [0.15, 0.2) is 5.13 Å². The van der Waals surface area contributed by atoms with E-state index in [1.165, 1.54) is 0 Å². The summed E-state index contributed by atoms with van der Waals surface area (Å²) in [6.07, 6.45) is 4.24. The van der Waals surface area contributed by atoms with E-state index in [-0.39, 0.29) is 22.9 Å². The lowest BCUT2D eigenvalue weighted by atomic mass is 10.1. The second-order valence-corrected chi connectivity index (χ2v) is 7.57. The number of aromatic nitrogens is 3. The zero-order valence-corrected chi connectivity index (χ0v) is 16.1. The molecular formula is C19H21N5O2S. The molecule has 0 spiro atoms. The fourth-order valence-electron chi connectivity index (χ4n) is 3.45. The van der Waals surface area contributed by atoms with Gasteiger partial charge >= 0.3 is 0 Å². The van der Waals surface area contributed by atoms with Crippen molar-refractivity contribution in [3.63, 3.8) is 0 Å². The summed E-state index contributed by atoms with van der Waals surface area (Å²) < 4.78 is 1.86. The van der Waals surface area contributed by atoms with Crippen LogP contribution in [-0.4, -0.2) is 39.6 Å². The van der Waals surface area contributed by atoms with Gasteiger partial charge < -0.3 is 14.8 Å². The summed E-state index contributed by atoms with van der Waals surface area (Å²) >= 11 is 1.59. The molecule has 3 aromatic heterocycles. The number of hydrogen-bond acceptors (Lipinski definition) is 6. The Bertz CT molecular complexity index is 1040. The molecule has 7 nitrogen and oxygen atoms in total. The van der Waals surface area contributed by atoms with Crippen LogP contribution in [-0.2, 0) is 6.54 Å². The van der Waals surface area contributed by atoms with E-state index >= 15 is 0 Å². The van der Waals surface area contributed by atoms with Crippen molar-refractivity contribution in [2.45, 2.75) is 32.9 Å². The Morgan fingerprint density at radius 1 is 1.41 bits per heavy atom. The highest BCUT2D eigenvalue weighted by atomic mass is 32.1. The third-order valence-corrected chi connectivity index (χ3v) is 5.69. The maximum absolute atomic E-state index is 12.8. The van der Waals surface area contributed by atoms with Crippen LogP contribution in [0.2, 0.25) is 0 Å². The van der Waals surface area contributed by atoms with E-state index in [1.807, 2.05) is 23.8 Å². The fraction of sp³-hybridized carbons (Fsp3) is 0.368. The summed E-state index contributed by atoms with van der Waals surface area (Å²) in [5.41, 5.74) is 1.36. The molecule has 4 rings (SSSR count). The van der Waals surface area contributed by atoms with Crippen molar-refractivity contribution in [2.75, 3.05) is 18.0 Å². The molecule has 8 heteroatoms. The number of anilines is 1. The number of nitrogens with zero attached hydrogens (tertiary/aromatic N) is 4. The minimum Gasteiger partial charge on any atom is -0.347 e. The monoisotopic (exact) mass is 383 g/mol. The number of carbonyl (C=O) groups excluding carboxylic acids is 1. The quantitative estimate of drug-likeness (QED) is 0.747. The van der Waals surface area contributed by atoms with Gasteiger partial charge in [0.25, 0.3) is 5.91 Å². The van der Waals surface area contributed by atoms with Crippen LogP contribution in [0, 0.1) is 6.92 Å². The molecule has 0 saturated carbocycles. The highest BCUT2D eigenvalue weighted by Crippen LogP contribution is 2.22. The van der Waals surface area contributed by atoms with Crippen LogP contribution in [0.5, 0.6) is 0 Å². The summed E-state index contributed by atoms with van der Waals surface area (Å²) in [5.74, 6) is -0.323. The molecule has 1 amide bonds. The van der Waals surface area contributed by atoms with Gasteiger partial charge in [0, 0.05) is 49.1 Å². The van der Waals surface area contributed by atoms with Crippen LogP contribution >= 0.6 is 11.3 Å². The van der Waals surface area contributed by atoms with Gasteiger partial charge in [-0.2, -0.15) is 0 Å². The minimum absolute atomic E-state index is 0.00252. The van der Waals surface area contributed by atoms with Gasteiger partial charge in [-0.1, -0.05) is 0 Å². The number of rotatable bonds is 4. The normalized spacial score (nSPS) is 16.8.